The van der Waals surface area contributed by atoms with Gasteiger partial charge >= 0.3 is 0 Å². The van der Waals surface area contributed by atoms with Crippen molar-refractivity contribution in [2.45, 2.75) is 38.7 Å². The molecule has 0 bridgehead atoms. The van der Waals surface area contributed by atoms with Crippen LogP contribution in [0.25, 0.3) is 0 Å². The number of aromatic nitrogens is 1. The zero-order valence-electron chi connectivity index (χ0n) is 11.7. The van der Waals surface area contributed by atoms with Crippen molar-refractivity contribution in [3.63, 3.8) is 0 Å². The molecule has 1 unspecified atom stereocenters. The van der Waals surface area contributed by atoms with E-state index in [4.69, 9.17) is 11.6 Å². The summed E-state index contributed by atoms with van der Waals surface area (Å²) in [6, 6.07) is 4.15. The first kappa shape index (κ1) is 15.4. The van der Waals surface area contributed by atoms with Crippen LogP contribution in [0.4, 0.5) is 4.39 Å². The van der Waals surface area contributed by atoms with Gasteiger partial charge < -0.3 is 5.11 Å². The van der Waals surface area contributed by atoms with Gasteiger partial charge in [-0.25, -0.2) is 9.37 Å². The third kappa shape index (κ3) is 3.57. The predicted molar refractivity (Wildman–Crippen MR) is 80.9 cm³/mol. The molecule has 2 rings (SSSR count). The van der Waals surface area contributed by atoms with Crippen LogP contribution in [0.3, 0.4) is 0 Å². The van der Waals surface area contributed by atoms with E-state index in [-0.39, 0.29) is 17.7 Å². The monoisotopic (exact) mass is 313 g/mol. The summed E-state index contributed by atoms with van der Waals surface area (Å²) in [5, 5.41) is 13.5. The highest BCUT2D eigenvalue weighted by molar-refractivity contribution is 7.09. The molecule has 2 aromatic rings. The molecule has 0 aliphatic heterocycles. The van der Waals surface area contributed by atoms with Crippen molar-refractivity contribution < 1.29 is 9.50 Å². The van der Waals surface area contributed by atoms with Gasteiger partial charge in [0.1, 0.15) is 11.9 Å². The Bertz CT molecular complexity index is 606. The average Bonchev–Trinajstić information content (AvgIpc) is 2.83. The maximum Gasteiger partial charge on any atom is 0.123 e. The molecule has 108 valence electrons. The van der Waals surface area contributed by atoms with Gasteiger partial charge in [-0.15, -0.1) is 11.3 Å². The molecule has 1 atom stereocenters. The van der Waals surface area contributed by atoms with Gasteiger partial charge in [0.2, 0.25) is 0 Å². The van der Waals surface area contributed by atoms with E-state index in [1.54, 1.807) is 0 Å². The van der Waals surface area contributed by atoms with E-state index in [2.05, 4.69) is 25.8 Å². The summed E-state index contributed by atoms with van der Waals surface area (Å²) >= 11 is 7.53. The van der Waals surface area contributed by atoms with Crippen molar-refractivity contribution in [1.29, 1.82) is 0 Å². The normalized spacial score (nSPS) is 13.5. The molecule has 0 saturated carbocycles. The van der Waals surface area contributed by atoms with Crippen LogP contribution in [0.5, 0.6) is 0 Å². The molecule has 1 N–H and O–H groups in total. The lowest BCUT2D eigenvalue weighted by Crippen LogP contribution is -2.11. The SMILES string of the molecule is CC(C)(C)c1nc(C(O)Cc2cc(F)ccc2Cl)cs1. The summed E-state index contributed by atoms with van der Waals surface area (Å²) in [6.45, 7) is 6.22. The zero-order chi connectivity index (χ0) is 14.9. The van der Waals surface area contributed by atoms with E-state index < -0.39 is 6.10 Å². The van der Waals surface area contributed by atoms with Crippen molar-refractivity contribution in [3.05, 3.63) is 50.7 Å². The number of hydrogen-bond donors (Lipinski definition) is 1. The Labute approximate surface area is 127 Å². The average molecular weight is 314 g/mol. The smallest absolute Gasteiger partial charge is 0.123 e. The minimum absolute atomic E-state index is 0.0425. The molecule has 0 aliphatic rings. The summed E-state index contributed by atoms with van der Waals surface area (Å²) in [4.78, 5) is 4.46. The van der Waals surface area contributed by atoms with Gasteiger partial charge in [-0.1, -0.05) is 32.4 Å². The number of nitrogens with zero attached hydrogens (tertiary/aromatic N) is 1. The quantitative estimate of drug-likeness (QED) is 0.904. The fourth-order valence-corrected chi connectivity index (χ4v) is 2.94. The Hall–Kier alpha value is -0.970. The fraction of sp³-hybridized carbons (Fsp3) is 0.400. The van der Waals surface area contributed by atoms with Crippen LogP contribution in [0, 0.1) is 5.82 Å². The lowest BCUT2D eigenvalue weighted by molar-refractivity contribution is 0.174. The third-order valence-electron chi connectivity index (χ3n) is 2.93. The predicted octanol–water partition coefficient (Wildman–Crippen LogP) is 4.51. The van der Waals surface area contributed by atoms with E-state index in [1.807, 2.05) is 5.38 Å². The van der Waals surface area contributed by atoms with Crippen molar-refractivity contribution >= 4 is 22.9 Å². The van der Waals surface area contributed by atoms with E-state index in [0.29, 0.717) is 16.3 Å². The second-order valence-electron chi connectivity index (χ2n) is 5.78. The Balaban J connectivity index is 2.18. The number of hydrogen-bond acceptors (Lipinski definition) is 3. The highest BCUT2D eigenvalue weighted by atomic mass is 35.5. The number of thiazole rings is 1. The van der Waals surface area contributed by atoms with Gasteiger partial charge in [0.25, 0.3) is 0 Å². The highest BCUT2D eigenvalue weighted by Crippen LogP contribution is 2.30. The Morgan fingerprint density at radius 2 is 2.10 bits per heavy atom. The molecule has 0 aliphatic carbocycles. The van der Waals surface area contributed by atoms with E-state index in [9.17, 15) is 9.50 Å². The molecule has 0 saturated heterocycles. The third-order valence-corrected chi connectivity index (χ3v) is 4.58. The highest BCUT2D eigenvalue weighted by Gasteiger charge is 2.21. The molecule has 0 spiro atoms. The summed E-state index contributed by atoms with van der Waals surface area (Å²) < 4.78 is 13.2. The van der Waals surface area contributed by atoms with Crippen molar-refractivity contribution in [3.8, 4) is 0 Å². The molecule has 0 fully saturated rings. The van der Waals surface area contributed by atoms with Crippen molar-refractivity contribution in [2.24, 2.45) is 0 Å². The minimum Gasteiger partial charge on any atom is -0.386 e. The Kier molecular flexibility index (Phi) is 4.47. The van der Waals surface area contributed by atoms with Gasteiger partial charge in [-0.3, -0.25) is 0 Å². The molecule has 1 aromatic carbocycles. The minimum atomic E-state index is -0.776. The number of aliphatic hydroxyl groups is 1. The van der Waals surface area contributed by atoms with E-state index in [1.165, 1.54) is 29.5 Å². The first-order valence-electron chi connectivity index (χ1n) is 6.35. The topological polar surface area (TPSA) is 33.1 Å². The van der Waals surface area contributed by atoms with Crippen molar-refractivity contribution in [2.75, 3.05) is 0 Å². The van der Waals surface area contributed by atoms with Crippen molar-refractivity contribution in [1.82, 2.24) is 4.98 Å². The first-order valence-corrected chi connectivity index (χ1v) is 7.61. The fourth-order valence-electron chi connectivity index (χ4n) is 1.80. The van der Waals surface area contributed by atoms with Crippen LogP contribution in [-0.2, 0) is 11.8 Å². The Morgan fingerprint density at radius 1 is 1.40 bits per heavy atom. The molecule has 20 heavy (non-hydrogen) atoms. The number of benzene rings is 1. The Morgan fingerprint density at radius 3 is 2.70 bits per heavy atom. The molecular formula is C15H17ClFNOS. The van der Waals surface area contributed by atoms with Gasteiger partial charge in [0.05, 0.1) is 10.7 Å². The van der Waals surface area contributed by atoms with Gasteiger partial charge in [0, 0.05) is 22.2 Å². The standard InChI is InChI=1S/C15H17ClFNOS/c1-15(2,3)14-18-12(8-20-14)13(19)7-9-6-10(17)4-5-11(9)16/h4-6,8,13,19H,7H2,1-3H3. The maximum absolute atomic E-state index is 13.2. The summed E-state index contributed by atoms with van der Waals surface area (Å²) in [7, 11) is 0. The van der Waals surface area contributed by atoms with Gasteiger partial charge in [-0.2, -0.15) is 0 Å². The van der Waals surface area contributed by atoms with Crippen LogP contribution >= 0.6 is 22.9 Å². The summed E-state index contributed by atoms with van der Waals surface area (Å²) in [6.07, 6.45) is -0.522. The number of aliphatic hydroxyl groups excluding tert-OH is 1. The maximum atomic E-state index is 13.2. The zero-order valence-corrected chi connectivity index (χ0v) is 13.2. The summed E-state index contributed by atoms with van der Waals surface area (Å²) in [5.74, 6) is -0.356. The van der Waals surface area contributed by atoms with Crippen LogP contribution in [0.2, 0.25) is 5.02 Å². The van der Waals surface area contributed by atoms with E-state index >= 15 is 0 Å². The van der Waals surface area contributed by atoms with Gasteiger partial charge in [0.15, 0.2) is 0 Å². The first-order chi connectivity index (χ1) is 9.27. The molecule has 0 amide bonds. The second-order valence-corrected chi connectivity index (χ2v) is 7.05. The lowest BCUT2D eigenvalue weighted by Gasteiger charge is -2.14. The van der Waals surface area contributed by atoms with Crippen LogP contribution in [0.15, 0.2) is 23.6 Å². The lowest BCUT2D eigenvalue weighted by atomic mass is 9.98. The molecule has 1 aromatic heterocycles. The second kappa shape index (κ2) is 5.80. The summed E-state index contributed by atoms with van der Waals surface area (Å²) in [5.41, 5.74) is 1.16. The van der Waals surface area contributed by atoms with E-state index in [0.717, 1.165) is 5.01 Å². The molecular weight excluding hydrogens is 297 g/mol. The molecule has 2 nitrogen and oxygen atoms in total. The molecule has 5 heteroatoms. The van der Waals surface area contributed by atoms with Crippen LogP contribution < -0.4 is 0 Å². The largest absolute Gasteiger partial charge is 0.386 e. The van der Waals surface area contributed by atoms with Crippen LogP contribution in [0.1, 0.15) is 43.1 Å². The van der Waals surface area contributed by atoms with Crippen LogP contribution in [-0.4, -0.2) is 10.1 Å². The van der Waals surface area contributed by atoms with Gasteiger partial charge in [-0.05, 0) is 23.8 Å². The molecule has 1 heterocycles. The number of halogens is 2. The molecule has 0 radical (unpaired) electrons. The number of rotatable bonds is 3.